The van der Waals surface area contributed by atoms with Crippen LogP contribution >= 0.6 is 27.7 Å². The number of halogens is 1. The van der Waals surface area contributed by atoms with Crippen LogP contribution in [0.15, 0.2) is 28.7 Å². The lowest BCUT2D eigenvalue weighted by Gasteiger charge is -2.28. The van der Waals surface area contributed by atoms with Crippen LogP contribution in [-0.2, 0) is 0 Å². The van der Waals surface area contributed by atoms with Crippen molar-refractivity contribution in [3.63, 3.8) is 0 Å². The van der Waals surface area contributed by atoms with E-state index < -0.39 is 0 Å². The van der Waals surface area contributed by atoms with Crippen molar-refractivity contribution in [2.24, 2.45) is 5.92 Å². The van der Waals surface area contributed by atoms with Gasteiger partial charge in [-0.05, 0) is 29.8 Å². The Balaban J connectivity index is 2.12. The maximum absolute atomic E-state index is 3.59. The lowest BCUT2D eigenvalue weighted by atomic mass is 10.2. The SMILES string of the molecule is CC1CNC(c2ccccc2Br)SC1. The highest BCUT2D eigenvalue weighted by Crippen LogP contribution is 2.34. The van der Waals surface area contributed by atoms with E-state index >= 15 is 0 Å². The van der Waals surface area contributed by atoms with Crippen molar-refractivity contribution >= 4 is 27.7 Å². The Kier molecular flexibility index (Phi) is 3.52. The van der Waals surface area contributed by atoms with Gasteiger partial charge >= 0.3 is 0 Å². The van der Waals surface area contributed by atoms with Crippen LogP contribution in [0, 0.1) is 5.92 Å². The molecule has 14 heavy (non-hydrogen) atoms. The standard InChI is InChI=1S/C11H14BrNS/c1-8-6-13-11(14-7-8)9-4-2-3-5-10(9)12/h2-5,8,11,13H,6-7H2,1H3. The van der Waals surface area contributed by atoms with Gasteiger partial charge in [-0.1, -0.05) is 41.1 Å². The van der Waals surface area contributed by atoms with Crippen LogP contribution in [-0.4, -0.2) is 12.3 Å². The van der Waals surface area contributed by atoms with E-state index in [-0.39, 0.29) is 0 Å². The third-order valence-electron chi connectivity index (χ3n) is 2.39. The first-order valence-electron chi connectivity index (χ1n) is 4.87. The van der Waals surface area contributed by atoms with Gasteiger partial charge in [0.2, 0.25) is 0 Å². The lowest BCUT2D eigenvalue weighted by molar-refractivity contribution is 0.529. The molecule has 1 nitrogen and oxygen atoms in total. The van der Waals surface area contributed by atoms with Crippen molar-refractivity contribution in [3.05, 3.63) is 34.3 Å². The van der Waals surface area contributed by atoms with Gasteiger partial charge in [0, 0.05) is 4.47 Å². The molecule has 0 radical (unpaired) electrons. The first-order chi connectivity index (χ1) is 6.77. The minimum atomic E-state index is 0.460. The summed E-state index contributed by atoms with van der Waals surface area (Å²) in [5.41, 5.74) is 1.37. The van der Waals surface area contributed by atoms with E-state index in [1.165, 1.54) is 15.8 Å². The number of benzene rings is 1. The number of hydrogen-bond donors (Lipinski definition) is 1. The first kappa shape index (κ1) is 10.5. The summed E-state index contributed by atoms with van der Waals surface area (Å²) in [6.45, 7) is 3.41. The van der Waals surface area contributed by atoms with Crippen molar-refractivity contribution in [1.29, 1.82) is 0 Å². The van der Waals surface area contributed by atoms with E-state index in [9.17, 15) is 0 Å². The fraction of sp³-hybridized carbons (Fsp3) is 0.455. The van der Waals surface area contributed by atoms with Crippen LogP contribution in [0.4, 0.5) is 0 Å². The average molecular weight is 272 g/mol. The highest BCUT2D eigenvalue weighted by molar-refractivity contribution is 9.10. The van der Waals surface area contributed by atoms with E-state index in [0.717, 1.165) is 12.5 Å². The molecule has 2 rings (SSSR count). The van der Waals surface area contributed by atoms with Gasteiger partial charge in [-0.3, -0.25) is 0 Å². The topological polar surface area (TPSA) is 12.0 Å². The molecular weight excluding hydrogens is 258 g/mol. The second kappa shape index (κ2) is 4.69. The second-order valence-corrected chi connectivity index (χ2v) is 5.74. The summed E-state index contributed by atoms with van der Waals surface area (Å²) in [6, 6.07) is 8.45. The summed E-state index contributed by atoms with van der Waals surface area (Å²) < 4.78 is 1.21. The molecule has 2 unspecified atom stereocenters. The maximum Gasteiger partial charge on any atom is 0.0800 e. The Labute approximate surface area is 97.8 Å². The zero-order valence-corrected chi connectivity index (χ0v) is 10.6. The molecule has 76 valence electrons. The predicted molar refractivity (Wildman–Crippen MR) is 66.5 cm³/mol. The molecule has 0 bridgehead atoms. The number of thioether (sulfide) groups is 1. The van der Waals surface area contributed by atoms with Crippen LogP contribution in [0.3, 0.4) is 0 Å². The van der Waals surface area contributed by atoms with Gasteiger partial charge in [-0.15, -0.1) is 11.8 Å². The molecule has 0 aliphatic carbocycles. The second-order valence-electron chi connectivity index (χ2n) is 3.75. The quantitative estimate of drug-likeness (QED) is 0.840. The lowest BCUT2D eigenvalue weighted by Crippen LogP contribution is -2.31. The molecule has 0 aromatic heterocycles. The fourth-order valence-corrected chi connectivity index (χ4v) is 3.48. The largest absolute Gasteiger partial charge is 0.301 e. The molecule has 1 fully saturated rings. The van der Waals surface area contributed by atoms with Crippen LogP contribution in [0.5, 0.6) is 0 Å². The van der Waals surface area contributed by atoms with Crippen molar-refractivity contribution in [3.8, 4) is 0 Å². The summed E-state index contributed by atoms with van der Waals surface area (Å²) in [7, 11) is 0. The van der Waals surface area contributed by atoms with Crippen molar-refractivity contribution in [2.75, 3.05) is 12.3 Å². The zero-order valence-electron chi connectivity index (χ0n) is 8.16. The Morgan fingerprint density at radius 1 is 1.43 bits per heavy atom. The molecule has 1 aromatic carbocycles. The highest BCUT2D eigenvalue weighted by atomic mass is 79.9. The molecule has 1 heterocycles. The van der Waals surface area contributed by atoms with Crippen molar-refractivity contribution in [1.82, 2.24) is 5.32 Å². The van der Waals surface area contributed by atoms with Gasteiger partial charge in [0.15, 0.2) is 0 Å². The Hall–Kier alpha value is 0.01000. The molecule has 2 atom stereocenters. The minimum Gasteiger partial charge on any atom is -0.301 e. The van der Waals surface area contributed by atoms with Gasteiger partial charge in [0.05, 0.1) is 5.37 Å². The molecule has 1 saturated heterocycles. The highest BCUT2D eigenvalue weighted by Gasteiger charge is 2.20. The van der Waals surface area contributed by atoms with Gasteiger partial charge < -0.3 is 5.32 Å². The summed E-state index contributed by atoms with van der Waals surface area (Å²) in [4.78, 5) is 0. The molecule has 1 N–H and O–H groups in total. The Morgan fingerprint density at radius 3 is 2.86 bits per heavy atom. The van der Waals surface area contributed by atoms with E-state index in [1.54, 1.807) is 0 Å². The number of hydrogen-bond acceptors (Lipinski definition) is 2. The molecule has 0 saturated carbocycles. The van der Waals surface area contributed by atoms with Crippen LogP contribution in [0.2, 0.25) is 0 Å². The molecule has 0 amide bonds. The molecule has 1 aliphatic rings. The van der Waals surface area contributed by atoms with Gasteiger partial charge in [-0.25, -0.2) is 0 Å². The molecule has 3 heteroatoms. The van der Waals surface area contributed by atoms with E-state index in [0.29, 0.717) is 5.37 Å². The third kappa shape index (κ3) is 2.33. The fourth-order valence-electron chi connectivity index (χ4n) is 1.57. The van der Waals surface area contributed by atoms with Crippen LogP contribution in [0.25, 0.3) is 0 Å². The van der Waals surface area contributed by atoms with Crippen LogP contribution in [0.1, 0.15) is 17.9 Å². The summed E-state index contributed by atoms with van der Waals surface area (Å²) in [5, 5.41) is 4.02. The monoisotopic (exact) mass is 271 g/mol. The van der Waals surface area contributed by atoms with Gasteiger partial charge in [0.25, 0.3) is 0 Å². The molecular formula is C11H14BrNS. The first-order valence-corrected chi connectivity index (χ1v) is 6.71. The normalized spacial score (nSPS) is 27.6. The number of nitrogens with one attached hydrogen (secondary N) is 1. The van der Waals surface area contributed by atoms with E-state index in [2.05, 4.69) is 52.4 Å². The molecule has 1 aromatic rings. The summed E-state index contributed by atoms with van der Waals surface area (Å²) in [5.74, 6) is 2.04. The Bertz CT molecular complexity index is 308. The van der Waals surface area contributed by atoms with Crippen molar-refractivity contribution in [2.45, 2.75) is 12.3 Å². The molecule has 1 aliphatic heterocycles. The predicted octanol–water partition coefficient (Wildman–Crippen LogP) is 3.42. The average Bonchev–Trinajstić information content (AvgIpc) is 2.20. The van der Waals surface area contributed by atoms with Crippen molar-refractivity contribution < 1.29 is 0 Å². The number of rotatable bonds is 1. The minimum absolute atomic E-state index is 0.460. The summed E-state index contributed by atoms with van der Waals surface area (Å²) >= 11 is 5.59. The van der Waals surface area contributed by atoms with Crippen LogP contribution < -0.4 is 5.32 Å². The van der Waals surface area contributed by atoms with Gasteiger partial charge in [-0.2, -0.15) is 0 Å². The Morgan fingerprint density at radius 2 is 2.21 bits per heavy atom. The molecule has 0 spiro atoms. The van der Waals surface area contributed by atoms with E-state index in [1.807, 2.05) is 11.8 Å². The summed E-state index contributed by atoms with van der Waals surface area (Å²) in [6.07, 6.45) is 0. The third-order valence-corrected chi connectivity index (χ3v) is 4.62. The zero-order chi connectivity index (χ0) is 9.97. The smallest absolute Gasteiger partial charge is 0.0800 e. The van der Waals surface area contributed by atoms with Gasteiger partial charge in [0.1, 0.15) is 0 Å². The maximum atomic E-state index is 3.59. The van der Waals surface area contributed by atoms with E-state index in [4.69, 9.17) is 0 Å².